The van der Waals surface area contributed by atoms with Gasteiger partial charge < -0.3 is 14.7 Å². The molecule has 24 heavy (non-hydrogen) atoms. The van der Waals surface area contributed by atoms with Crippen LogP contribution in [0.5, 0.6) is 11.5 Å². The van der Waals surface area contributed by atoms with Crippen LogP contribution in [-0.4, -0.2) is 23.7 Å². The number of anilines is 1. The van der Waals surface area contributed by atoms with E-state index in [2.05, 4.69) is 0 Å². The van der Waals surface area contributed by atoms with Gasteiger partial charge >= 0.3 is 5.97 Å². The molecule has 0 bridgehead atoms. The molecular formula is C19H22ClNO3. The van der Waals surface area contributed by atoms with Crippen LogP contribution < -0.4 is 9.64 Å². The zero-order valence-electron chi connectivity index (χ0n) is 13.9. The van der Waals surface area contributed by atoms with Gasteiger partial charge in [-0.2, -0.15) is 0 Å². The molecule has 0 aliphatic carbocycles. The molecule has 0 fully saturated rings. The fraction of sp³-hybridized carbons (Fsp3) is 0.316. The molecule has 0 aliphatic heterocycles. The number of para-hydroxylation sites is 1. The minimum absolute atomic E-state index is 0.493. The number of nitrogens with zero attached hydrogens (tertiary/aromatic N) is 1. The first-order valence-corrected chi connectivity index (χ1v) is 8.46. The number of ether oxygens (including phenoxy) is 1. The molecule has 0 aromatic heterocycles. The number of benzene rings is 2. The lowest BCUT2D eigenvalue weighted by Gasteiger charge is -2.31. The highest BCUT2D eigenvalue weighted by atomic mass is 35.5. The summed E-state index contributed by atoms with van der Waals surface area (Å²) in [4.78, 5) is 13.5. The predicted molar refractivity (Wildman–Crippen MR) is 97.3 cm³/mol. The van der Waals surface area contributed by atoms with Crippen LogP contribution >= 0.6 is 11.6 Å². The van der Waals surface area contributed by atoms with E-state index >= 15 is 0 Å². The summed E-state index contributed by atoms with van der Waals surface area (Å²) in [5, 5.41) is 10.1. The molecule has 4 nitrogen and oxygen atoms in total. The van der Waals surface area contributed by atoms with Gasteiger partial charge in [-0.1, -0.05) is 43.6 Å². The molecule has 0 saturated carbocycles. The molecule has 2 aromatic carbocycles. The standard InChI is InChI=1S/C19H22ClNO3/c1-3-12-21(16(4-2)19(22)23)17-13-14(20)10-11-18(17)24-15-8-6-5-7-9-15/h5-11,13,16H,3-4,12H2,1-2H3,(H,22,23)/t16-/m0/s1. The molecule has 0 amide bonds. The maximum absolute atomic E-state index is 11.7. The molecule has 0 unspecified atom stereocenters. The SMILES string of the molecule is CCCN(c1cc(Cl)ccc1Oc1ccccc1)[C@@H](CC)C(=O)O. The predicted octanol–water partition coefficient (Wildman–Crippen LogP) is 5.21. The lowest BCUT2D eigenvalue weighted by molar-refractivity contribution is -0.138. The van der Waals surface area contributed by atoms with E-state index in [1.165, 1.54) is 0 Å². The summed E-state index contributed by atoms with van der Waals surface area (Å²) >= 11 is 6.16. The average molecular weight is 348 g/mol. The zero-order chi connectivity index (χ0) is 17.5. The maximum Gasteiger partial charge on any atom is 0.326 e. The first kappa shape index (κ1) is 18.1. The number of carbonyl (C=O) groups is 1. The maximum atomic E-state index is 11.7. The summed E-state index contributed by atoms with van der Waals surface area (Å²) < 4.78 is 5.97. The molecule has 128 valence electrons. The van der Waals surface area contributed by atoms with E-state index in [0.717, 1.165) is 6.42 Å². The minimum Gasteiger partial charge on any atom is -0.480 e. The summed E-state index contributed by atoms with van der Waals surface area (Å²) in [5.74, 6) is 0.441. The Kier molecular flexibility index (Phi) is 6.50. The van der Waals surface area contributed by atoms with Crippen molar-refractivity contribution in [1.82, 2.24) is 0 Å². The Hall–Kier alpha value is -2.20. The van der Waals surface area contributed by atoms with Gasteiger partial charge in [0.1, 0.15) is 11.8 Å². The summed E-state index contributed by atoms with van der Waals surface area (Å²) in [7, 11) is 0. The molecule has 0 aliphatic rings. The lowest BCUT2D eigenvalue weighted by Crippen LogP contribution is -2.41. The summed E-state index contributed by atoms with van der Waals surface area (Å²) in [6.07, 6.45) is 1.31. The zero-order valence-corrected chi connectivity index (χ0v) is 14.7. The fourth-order valence-corrected chi connectivity index (χ4v) is 2.80. The Morgan fingerprint density at radius 2 is 1.92 bits per heavy atom. The number of rotatable bonds is 8. The quantitative estimate of drug-likeness (QED) is 0.712. The minimum atomic E-state index is -0.850. The molecule has 2 rings (SSSR count). The van der Waals surface area contributed by atoms with Crippen molar-refractivity contribution >= 4 is 23.3 Å². The van der Waals surface area contributed by atoms with Crippen LogP contribution in [0.3, 0.4) is 0 Å². The Balaban J connectivity index is 2.44. The molecule has 5 heteroatoms. The number of carboxylic acid groups (broad SMARTS) is 1. The van der Waals surface area contributed by atoms with E-state index in [1.807, 2.05) is 49.1 Å². The normalized spacial score (nSPS) is 11.8. The third kappa shape index (κ3) is 4.42. The molecular weight excluding hydrogens is 326 g/mol. The van der Waals surface area contributed by atoms with Crippen LogP contribution in [0, 0.1) is 0 Å². The first-order valence-electron chi connectivity index (χ1n) is 8.08. The molecule has 0 spiro atoms. The number of hydrogen-bond donors (Lipinski definition) is 1. The average Bonchev–Trinajstić information content (AvgIpc) is 2.57. The third-order valence-electron chi connectivity index (χ3n) is 3.71. The Morgan fingerprint density at radius 1 is 1.21 bits per heavy atom. The third-order valence-corrected chi connectivity index (χ3v) is 3.95. The number of aliphatic carboxylic acids is 1. The van der Waals surface area contributed by atoms with Gasteiger partial charge in [-0.05, 0) is 43.2 Å². The van der Waals surface area contributed by atoms with Gasteiger partial charge in [0.15, 0.2) is 5.75 Å². The number of halogens is 1. The fourth-order valence-electron chi connectivity index (χ4n) is 2.63. The van der Waals surface area contributed by atoms with Crippen molar-refractivity contribution in [1.29, 1.82) is 0 Å². The van der Waals surface area contributed by atoms with Crippen molar-refractivity contribution in [2.75, 3.05) is 11.4 Å². The van der Waals surface area contributed by atoms with Crippen LogP contribution in [0.25, 0.3) is 0 Å². The van der Waals surface area contributed by atoms with Crippen LogP contribution in [0.1, 0.15) is 26.7 Å². The second-order valence-corrected chi connectivity index (χ2v) is 5.92. The van der Waals surface area contributed by atoms with E-state index in [0.29, 0.717) is 35.2 Å². The largest absolute Gasteiger partial charge is 0.480 e. The molecule has 0 radical (unpaired) electrons. The lowest BCUT2D eigenvalue weighted by atomic mass is 10.1. The molecule has 0 heterocycles. The second-order valence-electron chi connectivity index (χ2n) is 5.48. The number of hydrogen-bond acceptors (Lipinski definition) is 3. The molecule has 1 atom stereocenters. The van der Waals surface area contributed by atoms with E-state index in [-0.39, 0.29) is 0 Å². The van der Waals surface area contributed by atoms with Gasteiger partial charge in [0.05, 0.1) is 5.69 Å². The number of carboxylic acids is 1. The Morgan fingerprint density at radius 3 is 2.50 bits per heavy atom. The molecule has 0 saturated heterocycles. The van der Waals surface area contributed by atoms with Crippen molar-refractivity contribution in [2.45, 2.75) is 32.7 Å². The van der Waals surface area contributed by atoms with Gasteiger partial charge in [0, 0.05) is 11.6 Å². The van der Waals surface area contributed by atoms with E-state index < -0.39 is 12.0 Å². The van der Waals surface area contributed by atoms with Crippen molar-refractivity contribution in [2.24, 2.45) is 0 Å². The van der Waals surface area contributed by atoms with Crippen LogP contribution in [0.2, 0.25) is 5.02 Å². The van der Waals surface area contributed by atoms with E-state index in [1.54, 1.807) is 18.2 Å². The van der Waals surface area contributed by atoms with Crippen molar-refractivity contribution in [3.63, 3.8) is 0 Å². The first-order chi connectivity index (χ1) is 11.6. The van der Waals surface area contributed by atoms with Crippen molar-refractivity contribution < 1.29 is 14.6 Å². The van der Waals surface area contributed by atoms with Crippen molar-refractivity contribution in [3.8, 4) is 11.5 Å². The van der Waals surface area contributed by atoms with Gasteiger partial charge in [-0.15, -0.1) is 0 Å². The summed E-state index contributed by atoms with van der Waals surface area (Å²) in [6, 6.07) is 14.1. The van der Waals surface area contributed by atoms with Gasteiger partial charge in [-0.3, -0.25) is 0 Å². The smallest absolute Gasteiger partial charge is 0.326 e. The highest BCUT2D eigenvalue weighted by Crippen LogP contribution is 2.36. The second kappa shape index (κ2) is 8.60. The summed E-state index contributed by atoms with van der Waals surface area (Å²) in [5.41, 5.74) is 0.697. The summed E-state index contributed by atoms with van der Waals surface area (Å²) in [6.45, 7) is 4.49. The van der Waals surface area contributed by atoms with Gasteiger partial charge in [0.25, 0.3) is 0 Å². The monoisotopic (exact) mass is 347 g/mol. The van der Waals surface area contributed by atoms with Crippen molar-refractivity contribution in [3.05, 3.63) is 53.6 Å². The Bertz CT molecular complexity index is 676. The van der Waals surface area contributed by atoms with Gasteiger partial charge in [-0.25, -0.2) is 4.79 Å². The highest BCUT2D eigenvalue weighted by molar-refractivity contribution is 6.31. The van der Waals surface area contributed by atoms with Gasteiger partial charge in [0.2, 0.25) is 0 Å². The molecule has 1 N–H and O–H groups in total. The van der Waals surface area contributed by atoms with E-state index in [9.17, 15) is 9.90 Å². The highest BCUT2D eigenvalue weighted by Gasteiger charge is 2.26. The topological polar surface area (TPSA) is 49.8 Å². The van der Waals surface area contributed by atoms with Crippen LogP contribution in [0.15, 0.2) is 48.5 Å². The Labute approximate surface area is 147 Å². The molecule has 2 aromatic rings. The van der Waals surface area contributed by atoms with Crippen LogP contribution in [-0.2, 0) is 4.79 Å². The van der Waals surface area contributed by atoms with E-state index in [4.69, 9.17) is 16.3 Å². The van der Waals surface area contributed by atoms with Crippen LogP contribution in [0.4, 0.5) is 5.69 Å².